The van der Waals surface area contributed by atoms with Crippen LogP contribution in [0.15, 0.2) is 30.3 Å². The molecule has 1 aliphatic heterocycles. The zero-order valence-corrected chi connectivity index (χ0v) is 20.1. The van der Waals surface area contributed by atoms with Gasteiger partial charge in [-0.3, -0.25) is 9.69 Å². The van der Waals surface area contributed by atoms with Crippen molar-refractivity contribution in [3.05, 3.63) is 41.5 Å². The lowest BCUT2D eigenvalue weighted by Crippen LogP contribution is -2.36. The first kappa shape index (κ1) is 23.1. The second-order valence-electron chi connectivity index (χ2n) is 9.69. The van der Waals surface area contributed by atoms with Crippen LogP contribution in [0.3, 0.4) is 0 Å². The van der Waals surface area contributed by atoms with Gasteiger partial charge in [-0.1, -0.05) is 37.6 Å². The maximum atomic E-state index is 12.1. The Morgan fingerprint density at radius 2 is 1.69 bits per heavy atom. The SMILES string of the molecule is CCOC(=O)C1CCN(Cc2c(O[C@H]3CC[C@@H](CC)CC3)cc(C)c3ccccc23)CC1. The minimum Gasteiger partial charge on any atom is -0.490 e. The van der Waals surface area contributed by atoms with E-state index in [9.17, 15) is 4.79 Å². The van der Waals surface area contributed by atoms with Crippen molar-refractivity contribution in [1.82, 2.24) is 4.90 Å². The fourth-order valence-electron chi connectivity index (χ4n) is 5.50. The summed E-state index contributed by atoms with van der Waals surface area (Å²) in [5, 5.41) is 2.61. The van der Waals surface area contributed by atoms with Gasteiger partial charge in [0, 0.05) is 12.1 Å². The van der Waals surface area contributed by atoms with Crippen molar-refractivity contribution < 1.29 is 14.3 Å². The second kappa shape index (κ2) is 10.7. The van der Waals surface area contributed by atoms with Gasteiger partial charge in [0.2, 0.25) is 0 Å². The number of likely N-dealkylation sites (tertiary alicyclic amines) is 1. The summed E-state index contributed by atoms with van der Waals surface area (Å²) in [7, 11) is 0. The third-order valence-corrected chi connectivity index (χ3v) is 7.58. The van der Waals surface area contributed by atoms with Crippen LogP contribution in [0, 0.1) is 18.8 Å². The number of hydrogen-bond acceptors (Lipinski definition) is 4. The zero-order chi connectivity index (χ0) is 22.5. The molecule has 4 nitrogen and oxygen atoms in total. The number of aryl methyl sites for hydroxylation is 1. The van der Waals surface area contributed by atoms with E-state index in [1.54, 1.807) is 0 Å². The number of carbonyl (C=O) groups excluding carboxylic acids is 1. The van der Waals surface area contributed by atoms with Crippen molar-refractivity contribution in [1.29, 1.82) is 0 Å². The van der Waals surface area contributed by atoms with Gasteiger partial charge in [-0.2, -0.15) is 0 Å². The highest BCUT2D eigenvalue weighted by atomic mass is 16.5. The third kappa shape index (κ3) is 5.28. The number of rotatable bonds is 7. The number of fused-ring (bicyclic) bond motifs is 1. The molecule has 4 heteroatoms. The van der Waals surface area contributed by atoms with Crippen molar-refractivity contribution in [2.45, 2.75) is 78.4 Å². The van der Waals surface area contributed by atoms with E-state index in [0.29, 0.717) is 12.7 Å². The predicted molar refractivity (Wildman–Crippen MR) is 130 cm³/mol. The lowest BCUT2D eigenvalue weighted by atomic mass is 9.86. The number of nitrogens with zero attached hydrogens (tertiary/aromatic N) is 1. The maximum Gasteiger partial charge on any atom is 0.309 e. The molecule has 2 aliphatic rings. The van der Waals surface area contributed by atoms with E-state index < -0.39 is 0 Å². The molecule has 1 saturated carbocycles. The summed E-state index contributed by atoms with van der Waals surface area (Å²) < 4.78 is 11.9. The number of benzene rings is 2. The van der Waals surface area contributed by atoms with Crippen LogP contribution >= 0.6 is 0 Å². The van der Waals surface area contributed by atoms with Crippen LogP contribution in [-0.4, -0.2) is 36.7 Å². The molecule has 0 unspecified atom stereocenters. The zero-order valence-electron chi connectivity index (χ0n) is 20.1. The topological polar surface area (TPSA) is 38.8 Å². The van der Waals surface area contributed by atoms with Gasteiger partial charge in [-0.05, 0) is 93.8 Å². The first-order valence-electron chi connectivity index (χ1n) is 12.7. The van der Waals surface area contributed by atoms with E-state index in [1.165, 1.54) is 41.2 Å². The van der Waals surface area contributed by atoms with E-state index in [-0.39, 0.29) is 11.9 Å². The molecule has 2 aromatic carbocycles. The number of carbonyl (C=O) groups is 1. The van der Waals surface area contributed by atoms with Crippen molar-refractivity contribution in [2.24, 2.45) is 11.8 Å². The van der Waals surface area contributed by atoms with Gasteiger partial charge < -0.3 is 9.47 Å². The molecule has 0 aromatic heterocycles. The van der Waals surface area contributed by atoms with E-state index in [0.717, 1.165) is 57.0 Å². The molecule has 32 heavy (non-hydrogen) atoms. The lowest BCUT2D eigenvalue weighted by Gasteiger charge is -2.33. The molecule has 0 spiro atoms. The minimum atomic E-state index is -0.0281. The molecule has 4 rings (SSSR count). The first-order valence-corrected chi connectivity index (χ1v) is 12.7. The van der Waals surface area contributed by atoms with Crippen LogP contribution in [0.2, 0.25) is 0 Å². The highest BCUT2D eigenvalue weighted by Gasteiger charge is 2.28. The van der Waals surface area contributed by atoms with E-state index in [1.807, 2.05) is 6.92 Å². The summed E-state index contributed by atoms with van der Waals surface area (Å²) in [6, 6.07) is 11.0. The summed E-state index contributed by atoms with van der Waals surface area (Å²) in [5.74, 6) is 1.95. The van der Waals surface area contributed by atoms with E-state index in [2.05, 4.69) is 49.1 Å². The van der Waals surface area contributed by atoms with Crippen LogP contribution in [0.4, 0.5) is 0 Å². The summed E-state index contributed by atoms with van der Waals surface area (Å²) >= 11 is 0. The highest BCUT2D eigenvalue weighted by molar-refractivity contribution is 5.90. The average Bonchev–Trinajstić information content (AvgIpc) is 2.82. The van der Waals surface area contributed by atoms with Gasteiger partial charge in [-0.25, -0.2) is 0 Å². The minimum absolute atomic E-state index is 0.0281. The molecule has 174 valence electrons. The Bertz CT molecular complexity index is 908. The molecule has 2 aromatic rings. The standard InChI is InChI=1S/C28H39NO3/c1-4-21-10-12-23(13-11-21)32-27-18-20(3)24-8-6-7-9-25(24)26(27)19-29-16-14-22(15-17-29)28(30)31-5-2/h6-9,18,21-23H,4-5,10-17,19H2,1-3H3/t21-,23+. The molecule has 1 aliphatic carbocycles. The highest BCUT2D eigenvalue weighted by Crippen LogP contribution is 2.36. The number of esters is 1. The molecule has 0 bridgehead atoms. The molecule has 2 fully saturated rings. The molecule has 0 N–H and O–H groups in total. The van der Waals surface area contributed by atoms with Crippen molar-refractivity contribution in [2.75, 3.05) is 19.7 Å². The van der Waals surface area contributed by atoms with Gasteiger partial charge in [0.15, 0.2) is 0 Å². The summed E-state index contributed by atoms with van der Waals surface area (Å²) in [5.41, 5.74) is 2.58. The summed E-state index contributed by atoms with van der Waals surface area (Å²) in [4.78, 5) is 14.6. The molecule has 0 atom stereocenters. The van der Waals surface area contributed by atoms with Crippen LogP contribution in [0.1, 0.15) is 69.9 Å². The van der Waals surface area contributed by atoms with Crippen LogP contribution in [0.25, 0.3) is 10.8 Å². The smallest absolute Gasteiger partial charge is 0.309 e. The summed E-state index contributed by atoms with van der Waals surface area (Å²) in [6.45, 7) is 9.57. The van der Waals surface area contributed by atoms with Gasteiger partial charge in [-0.15, -0.1) is 0 Å². The van der Waals surface area contributed by atoms with E-state index >= 15 is 0 Å². The monoisotopic (exact) mass is 437 g/mol. The molecule has 1 heterocycles. The quantitative estimate of drug-likeness (QED) is 0.479. The Morgan fingerprint density at radius 1 is 1.00 bits per heavy atom. The number of ether oxygens (including phenoxy) is 2. The maximum absolute atomic E-state index is 12.1. The Kier molecular flexibility index (Phi) is 7.72. The van der Waals surface area contributed by atoms with Gasteiger partial charge in [0.05, 0.1) is 18.6 Å². The Labute approximate surface area is 193 Å². The van der Waals surface area contributed by atoms with Gasteiger partial charge in [0.1, 0.15) is 5.75 Å². The molecule has 0 amide bonds. The number of piperidine rings is 1. The second-order valence-corrected chi connectivity index (χ2v) is 9.69. The Balaban J connectivity index is 1.52. The molecular weight excluding hydrogens is 398 g/mol. The fraction of sp³-hybridized carbons (Fsp3) is 0.607. The fourth-order valence-corrected chi connectivity index (χ4v) is 5.50. The van der Waals surface area contributed by atoms with Gasteiger partial charge in [0.25, 0.3) is 0 Å². The molecule has 0 radical (unpaired) electrons. The van der Waals surface area contributed by atoms with Crippen LogP contribution in [0.5, 0.6) is 5.75 Å². The Morgan fingerprint density at radius 3 is 2.34 bits per heavy atom. The average molecular weight is 438 g/mol. The van der Waals surface area contributed by atoms with Gasteiger partial charge >= 0.3 is 5.97 Å². The molecular formula is C28H39NO3. The first-order chi connectivity index (χ1) is 15.6. The van der Waals surface area contributed by atoms with E-state index in [4.69, 9.17) is 9.47 Å². The Hall–Kier alpha value is -2.07. The van der Waals surface area contributed by atoms with Crippen molar-refractivity contribution in [3.63, 3.8) is 0 Å². The largest absolute Gasteiger partial charge is 0.490 e. The lowest BCUT2D eigenvalue weighted by molar-refractivity contribution is -0.149. The predicted octanol–water partition coefficient (Wildman–Crippen LogP) is 6.27. The third-order valence-electron chi connectivity index (χ3n) is 7.58. The normalized spacial score (nSPS) is 22.7. The van der Waals surface area contributed by atoms with Crippen LogP contribution < -0.4 is 4.74 Å². The summed E-state index contributed by atoms with van der Waals surface area (Å²) in [6.07, 6.45) is 8.25. The number of hydrogen-bond donors (Lipinski definition) is 0. The molecule has 1 saturated heterocycles. The van der Waals surface area contributed by atoms with Crippen LogP contribution in [-0.2, 0) is 16.1 Å². The van der Waals surface area contributed by atoms with Crippen molar-refractivity contribution >= 4 is 16.7 Å². The van der Waals surface area contributed by atoms with Crippen molar-refractivity contribution in [3.8, 4) is 5.75 Å².